The summed E-state index contributed by atoms with van der Waals surface area (Å²) in [7, 11) is 0. The molecule has 0 aliphatic carbocycles. The molecule has 0 aliphatic rings. The Bertz CT molecular complexity index is 394. The molecule has 0 unspecified atom stereocenters. The minimum Gasteiger partial charge on any atom is -0.348 e. The second-order valence-electron chi connectivity index (χ2n) is 3.27. The number of rotatable bonds is 4. The monoisotopic (exact) mass is 205 g/mol. The van der Waals surface area contributed by atoms with Gasteiger partial charge in [0.25, 0.3) is 0 Å². The molecule has 2 aromatic rings. The molecule has 15 heavy (non-hydrogen) atoms. The molecule has 2 N–H and O–H groups in total. The predicted molar refractivity (Wildman–Crippen MR) is 55.5 cm³/mol. The largest absolute Gasteiger partial charge is 0.348 e. The fourth-order valence-electron chi connectivity index (χ4n) is 1.32. The highest BCUT2D eigenvalue weighted by atomic mass is 19.1. The van der Waals surface area contributed by atoms with Crippen LogP contribution in [-0.2, 0) is 13.1 Å². The number of H-pyrrole nitrogens is 1. The Morgan fingerprint density at radius 1 is 1.20 bits per heavy atom. The molecule has 0 amide bonds. The molecule has 78 valence electrons. The van der Waals surface area contributed by atoms with E-state index in [0.717, 1.165) is 11.4 Å². The van der Waals surface area contributed by atoms with Crippen molar-refractivity contribution < 1.29 is 4.39 Å². The van der Waals surface area contributed by atoms with Crippen molar-refractivity contribution in [3.8, 4) is 0 Å². The van der Waals surface area contributed by atoms with E-state index < -0.39 is 0 Å². The van der Waals surface area contributed by atoms with Gasteiger partial charge in [0.15, 0.2) is 0 Å². The van der Waals surface area contributed by atoms with Crippen molar-refractivity contribution in [3.63, 3.8) is 0 Å². The summed E-state index contributed by atoms with van der Waals surface area (Å²) in [4.78, 5) is 7.08. The van der Waals surface area contributed by atoms with Crippen LogP contribution >= 0.6 is 0 Å². The molecule has 1 aromatic heterocycles. The summed E-state index contributed by atoms with van der Waals surface area (Å²) in [6.45, 7) is 1.39. The molecule has 0 radical (unpaired) electrons. The van der Waals surface area contributed by atoms with Gasteiger partial charge < -0.3 is 10.3 Å². The van der Waals surface area contributed by atoms with Crippen molar-refractivity contribution in [2.24, 2.45) is 0 Å². The van der Waals surface area contributed by atoms with Crippen molar-refractivity contribution in [3.05, 3.63) is 53.9 Å². The Labute approximate surface area is 87.4 Å². The highest BCUT2D eigenvalue weighted by molar-refractivity contribution is 5.15. The third kappa shape index (κ3) is 2.89. The van der Waals surface area contributed by atoms with Gasteiger partial charge in [0.2, 0.25) is 0 Å². The maximum atomic E-state index is 12.6. The molecule has 2 rings (SSSR count). The third-order valence-electron chi connectivity index (χ3n) is 2.09. The van der Waals surface area contributed by atoms with Crippen LogP contribution in [0.1, 0.15) is 11.4 Å². The lowest BCUT2D eigenvalue weighted by atomic mass is 10.2. The lowest BCUT2D eigenvalue weighted by Crippen LogP contribution is -2.13. The SMILES string of the molecule is Fc1ccc(CNCc2ncc[nH]2)cc1. The Morgan fingerprint density at radius 3 is 2.67 bits per heavy atom. The van der Waals surface area contributed by atoms with Crippen LogP contribution in [0, 0.1) is 5.82 Å². The van der Waals surface area contributed by atoms with Gasteiger partial charge in [0.1, 0.15) is 11.6 Å². The number of aromatic amines is 1. The van der Waals surface area contributed by atoms with Crippen LogP contribution in [-0.4, -0.2) is 9.97 Å². The normalized spacial score (nSPS) is 10.5. The van der Waals surface area contributed by atoms with E-state index in [1.807, 2.05) is 0 Å². The molecule has 1 aromatic carbocycles. The van der Waals surface area contributed by atoms with E-state index >= 15 is 0 Å². The summed E-state index contributed by atoms with van der Waals surface area (Å²) < 4.78 is 12.6. The summed E-state index contributed by atoms with van der Waals surface area (Å²) in [6, 6.07) is 6.46. The molecule has 0 bridgehead atoms. The summed E-state index contributed by atoms with van der Waals surface area (Å²) >= 11 is 0. The minimum atomic E-state index is -0.204. The number of hydrogen-bond donors (Lipinski definition) is 2. The number of nitrogens with zero attached hydrogens (tertiary/aromatic N) is 1. The molecule has 0 saturated heterocycles. The molecule has 1 heterocycles. The van der Waals surface area contributed by atoms with Crippen molar-refractivity contribution in [2.45, 2.75) is 13.1 Å². The summed E-state index contributed by atoms with van der Waals surface area (Å²) in [5.74, 6) is 0.696. The number of aromatic nitrogens is 2. The highest BCUT2D eigenvalue weighted by Gasteiger charge is 1.95. The van der Waals surface area contributed by atoms with E-state index in [9.17, 15) is 4.39 Å². The Morgan fingerprint density at radius 2 is 2.00 bits per heavy atom. The van der Waals surface area contributed by atoms with Crippen molar-refractivity contribution in [2.75, 3.05) is 0 Å². The summed E-state index contributed by atoms with van der Waals surface area (Å²) in [6.07, 6.45) is 3.50. The van der Waals surface area contributed by atoms with Crippen LogP contribution in [0.5, 0.6) is 0 Å². The standard InChI is InChI=1S/C11H12FN3/c12-10-3-1-9(2-4-10)7-13-8-11-14-5-6-15-11/h1-6,13H,7-8H2,(H,14,15). The fraction of sp³-hybridized carbons (Fsp3) is 0.182. The first kappa shape index (κ1) is 9.86. The van der Waals surface area contributed by atoms with Gasteiger partial charge in [-0.15, -0.1) is 0 Å². The Kier molecular flexibility index (Phi) is 3.09. The highest BCUT2D eigenvalue weighted by Crippen LogP contribution is 2.02. The zero-order valence-corrected chi connectivity index (χ0v) is 8.20. The van der Waals surface area contributed by atoms with Crippen molar-refractivity contribution in [1.82, 2.24) is 15.3 Å². The summed E-state index contributed by atoms with van der Waals surface area (Å²) in [5, 5.41) is 3.21. The van der Waals surface area contributed by atoms with Gasteiger partial charge in [-0.1, -0.05) is 12.1 Å². The van der Waals surface area contributed by atoms with Crippen LogP contribution in [0.3, 0.4) is 0 Å². The summed E-state index contributed by atoms with van der Waals surface area (Å²) in [5.41, 5.74) is 1.06. The lowest BCUT2D eigenvalue weighted by Gasteiger charge is -2.02. The van der Waals surface area contributed by atoms with E-state index in [1.165, 1.54) is 12.1 Å². The molecule has 0 spiro atoms. The first-order valence-electron chi connectivity index (χ1n) is 4.78. The molecule has 0 saturated carbocycles. The number of nitrogens with one attached hydrogen (secondary N) is 2. The van der Waals surface area contributed by atoms with Crippen LogP contribution in [0.2, 0.25) is 0 Å². The molecule has 0 fully saturated rings. The van der Waals surface area contributed by atoms with Gasteiger partial charge in [0.05, 0.1) is 6.54 Å². The second kappa shape index (κ2) is 4.70. The molecule has 0 atom stereocenters. The topological polar surface area (TPSA) is 40.7 Å². The lowest BCUT2D eigenvalue weighted by molar-refractivity contribution is 0.624. The van der Waals surface area contributed by atoms with Crippen LogP contribution in [0.4, 0.5) is 4.39 Å². The van der Waals surface area contributed by atoms with E-state index in [-0.39, 0.29) is 5.82 Å². The maximum absolute atomic E-state index is 12.6. The molecule has 3 nitrogen and oxygen atoms in total. The zero-order chi connectivity index (χ0) is 10.5. The van der Waals surface area contributed by atoms with E-state index in [0.29, 0.717) is 13.1 Å². The first-order chi connectivity index (χ1) is 7.34. The van der Waals surface area contributed by atoms with E-state index in [1.54, 1.807) is 24.5 Å². The molecular weight excluding hydrogens is 193 g/mol. The quantitative estimate of drug-likeness (QED) is 0.799. The zero-order valence-electron chi connectivity index (χ0n) is 8.20. The van der Waals surface area contributed by atoms with Gasteiger partial charge in [-0.25, -0.2) is 9.37 Å². The van der Waals surface area contributed by atoms with Gasteiger partial charge >= 0.3 is 0 Å². The van der Waals surface area contributed by atoms with Crippen LogP contribution < -0.4 is 5.32 Å². The van der Waals surface area contributed by atoms with Crippen molar-refractivity contribution >= 4 is 0 Å². The molecular formula is C11H12FN3. The molecule has 0 aliphatic heterocycles. The van der Waals surface area contributed by atoms with Crippen LogP contribution in [0.15, 0.2) is 36.7 Å². The fourth-order valence-corrected chi connectivity index (χ4v) is 1.32. The van der Waals surface area contributed by atoms with Gasteiger partial charge in [0, 0.05) is 18.9 Å². The van der Waals surface area contributed by atoms with E-state index in [4.69, 9.17) is 0 Å². The van der Waals surface area contributed by atoms with Gasteiger partial charge in [-0.3, -0.25) is 0 Å². The van der Waals surface area contributed by atoms with Crippen molar-refractivity contribution in [1.29, 1.82) is 0 Å². The number of benzene rings is 1. The van der Waals surface area contributed by atoms with Gasteiger partial charge in [-0.05, 0) is 17.7 Å². The minimum absolute atomic E-state index is 0.204. The number of imidazole rings is 1. The number of hydrogen-bond acceptors (Lipinski definition) is 2. The third-order valence-corrected chi connectivity index (χ3v) is 2.09. The first-order valence-corrected chi connectivity index (χ1v) is 4.78. The Hall–Kier alpha value is -1.68. The predicted octanol–water partition coefficient (Wildman–Crippen LogP) is 1.84. The smallest absolute Gasteiger partial charge is 0.123 e. The Balaban J connectivity index is 1.81. The maximum Gasteiger partial charge on any atom is 0.123 e. The van der Waals surface area contributed by atoms with Gasteiger partial charge in [-0.2, -0.15) is 0 Å². The number of halogens is 1. The average molecular weight is 205 g/mol. The van der Waals surface area contributed by atoms with E-state index in [2.05, 4.69) is 15.3 Å². The molecule has 4 heteroatoms. The second-order valence-corrected chi connectivity index (χ2v) is 3.27. The van der Waals surface area contributed by atoms with Crippen LogP contribution in [0.25, 0.3) is 0 Å². The average Bonchev–Trinajstić information content (AvgIpc) is 2.74.